The van der Waals surface area contributed by atoms with Gasteiger partial charge < -0.3 is 20.1 Å². The Bertz CT molecular complexity index is 1020. The Morgan fingerprint density at radius 2 is 1.82 bits per heavy atom. The molecule has 0 saturated carbocycles. The molecule has 0 unspecified atom stereocenters. The van der Waals surface area contributed by atoms with Gasteiger partial charge in [-0.3, -0.25) is 9.59 Å². The van der Waals surface area contributed by atoms with Crippen molar-refractivity contribution in [2.75, 3.05) is 19.0 Å². The molecule has 0 spiro atoms. The molecule has 2 aromatic rings. The van der Waals surface area contributed by atoms with Crippen LogP contribution >= 0.6 is 23.6 Å². The number of thiocarbonyl (C=S) groups is 1. The Labute approximate surface area is 209 Å². The van der Waals surface area contributed by atoms with E-state index in [0.717, 1.165) is 49.0 Å². The van der Waals surface area contributed by atoms with Crippen LogP contribution in [0.4, 0.5) is 5.00 Å². The summed E-state index contributed by atoms with van der Waals surface area (Å²) in [6.07, 6.45) is 6.17. The first kappa shape index (κ1) is 25.8. The standard InChI is InChI=1S/C25H30N2O5S2/c1-31-24(30)22-18-12-5-6-13-19(18)34-23(22)27-25(33)26-20(28)14-7-15-21(29)32-16-8-11-17-9-3-2-4-10-17/h2-4,9-10H,5-8,11-16H2,1H3,(H2,26,27,28,33). The third-order valence-corrected chi connectivity index (χ3v) is 6.95. The highest BCUT2D eigenvalue weighted by molar-refractivity contribution is 7.80. The second kappa shape index (κ2) is 13.2. The van der Waals surface area contributed by atoms with E-state index in [2.05, 4.69) is 10.6 Å². The number of esters is 2. The highest BCUT2D eigenvalue weighted by Crippen LogP contribution is 2.38. The largest absolute Gasteiger partial charge is 0.466 e. The van der Waals surface area contributed by atoms with Crippen molar-refractivity contribution in [3.8, 4) is 0 Å². The molecule has 34 heavy (non-hydrogen) atoms. The maximum Gasteiger partial charge on any atom is 0.341 e. The molecule has 0 atom stereocenters. The SMILES string of the molecule is COC(=O)c1c(NC(=S)NC(=O)CCCC(=O)OCCCc2ccccc2)sc2c1CCCC2. The molecule has 1 aromatic carbocycles. The molecule has 2 N–H and O–H groups in total. The predicted molar refractivity (Wildman–Crippen MR) is 136 cm³/mol. The molecule has 0 aliphatic heterocycles. The number of methoxy groups -OCH3 is 1. The van der Waals surface area contributed by atoms with Crippen LogP contribution in [-0.4, -0.2) is 36.7 Å². The van der Waals surface area contributed by atoms with Gasteiger partial charge >= 0.3 is 11.9 Å². The van der Waals surface area contributed by atoms with Crippen molar-refractivity contribution in [2.24, 2.45) is 0 Å². The quantitative estimate of drug-likeness (QED) is 0.279. The number of carbonyl (C=O) groups is 3. The molecular formula is C25H30N2O5S2. The molecular weight excluding hydrogens is 472 g/mol. The van der Waals surface area contributed by atoms with Crippen LogP contribution in [0.1, 0.15) is 64.9 Å². The number of hydrogen-bond acceptors (Lipinski definition) is 7. The lowest BCUT2D eigenvalue weighted by atomic mass is 9.95. The Morgan fingerprint density at radius 3 is 2.59 bits per heavy atom. The fourth-order valence-corrected chi connectivity index (χ4v) is 5.43. The summed E-state index contributed by atoms with van der Waals surface area (Å²) in [5, 5.41) is 6.33. The fraction of sp³-hybridized carbons (Fsp3) is 0.440. The number of aryl methyl sites for hydroxylation is 2. The van der Waals surface area contributed by atoms with Gasteiger partial charge in [0.2, 0.25) is 5.91 Å². The normalized spacial score (nSPS) is 12.4. The molecule has 182 valence electrons. The van der Waals surface area contributed by atoms with Gasteiger partial charge in [0.15, 0.2) is 5.11 Å². The predicted octanol–water partition coefficient (Wildman–Crippen LogP) is 4.57. The summed E-state index contributed by atoms with van der Waals surface area (Å²) >= 11 is 6.75. The summed E-state index contributed by atoms with van der Waals surface area (Å²) in [7, 11) is 1.35. The Kier molecular flexibility index (Phi) is 10.0. The van der Waals surface area contributed by atoms with Gasteiger partial charge in [-0.2, -0.15) is 0 Å². The average molecular weight is 503 g/mol. The maximum atomic E-state index is 12.3. The van der Waals surface area contributed by atoms with E-state index in [-0.39, 0.29) is 29.8 Å². The van der Waals surface area contributed by atoms with Gasteiger partial charge in [0.1, 0.15) is 5.00 Å². The van der Waals surface area contributed by atoms with Gasteiger partial charge in [-0.25, -0.2) is 4.79 Å². The number of nitrogens with one attached hydrogen (secondary N) is 2. The smallest absolute Gasteiger partial charge is 0.341 e. The minimum absolute atomic E-state index is 0.122. The van der Waals surface area contributed by atoms with Crippen LogP contribution in [0.5, 0.6) is 0 Å². The lowest BCUT2D eigenvalue weighted by molar-refractivity contribution is -0.143. The Hall–Kier alpha value is -2.78. The van der Waals surface area contributed by atoms with Crippen LogP contribution in [0.2, 0.25) is 0 Å². The summed E-state index contributed by atoms with van der Waals surface area (Å²) in [4.78, 5) is 37.6. The van der Waals surface area contributed by atoms with Crippen LogP contribution in [0, 0.1) is 0 Å². The number of rotatable bonds is 10. The number of hydrogen-bond donors (Lipinski definition) is 2. The third-order valence-electron chi connectivity index (χ3n) is 5.54. The number of ether oxygens (including phenoxy) is 2. The average Bonchev–Trinajstić information content (AvgIpc) is 3.19. The molecule has 3 rings (SSSR count). The van der Waals surface area contributed by atoms with E-state index >= 15 is 0 Å². The second-order valence-corrected chi connectivity index (χ2v) is 9.59. The van der Waals surface area contributed by atoms with Crippen LogP contribution in [0.3, 0.4) is 0 Å². The van der Waals surface area contributed by atoms with Gasteiger partial charge in [-0.05, 0) is 68.3 Å². The Morgan fingerprint density at radius 1 is 1.06 bits per heavy atom. The minimum atomic E-state index is -0.404. The molecule has 9 heteroatoms. The number of anilines is 1. The molecule has 0 fully saturated rings. The van der Waals surface area contributed by atoms with Crippen LogP contribution < -0.4 is 10.6 Å². The third kappa shape index (κ3) is 7.63. The first-order valence-corrected chi connectivity index (χ1v) is 12.7. The lowest BCUT2D eigenvalue weighted by Gasteiger charge is -2.12. The molecule has 1 aliphatic carbocycles. The van der Waals surface area contributed by atoms with E-state index in [0.29, 0.717) is 23.6 Å². The van der Waals surface area contributed by atoms with Crippen LogP contribution in [-0.2, 0) is 38.3 Å². The fourth-order valence-electron chi connectivity index (χ4n) is 3.87. The van der Waals surface area contributed by atoms with Crippen molar-refractivity contribution in [1.82, 2.24) is 5.32 Å². The molecule has 1 amide bonds. The van der Waals surface area contributed by atoms with Gasteiger partial charge in [0, 0.05) is 17.7 Å². The molecule has 7 nitrogen and oxygen atoms in total. The van der Waals surface area contributed by atoms with Crippen LogP contribution in [0.15, 0.2) is 30.3 Å². The summed E-state index contributed by atoms with van der Waals surface area (Å²) in [5.41, 5.74) is 2.73. The van der Waals surface area contributed by atoms with E-state index in [1.54, 1.807) is 0 Å². The number of thiophene rings is 1. The molecule has 0 bridgehead atoms. The monoisotopic (exact) mass is 502 g/mol. The number of carbonyl (C=O) groups excluding carboxylic acids is 3. The number of benzene rings is 1. The number of fused-ring (bicyclic) bond motifs is 1. The molecule has 1 heterocycles. The molecule has 1 aliphatic rings. The van der Waals surface area contributed by atoms with Crippen LogP contribution in [0.25, 0.3) is 0 Å². The zero-order chi connectivity index (χ0) is 24.3. The van der Waals surface area contributed by atoms with Crippen molar-refractivity contribution >= 4 is 51.5 Å². The topological polar surface area (TPSA) is 93.7 Å². The number of amides is 1. The van der Waals surface area contributed by atoms with Gasteiger partial charge in [0.05, 0.1) is 19.3 Å². The highest BCUT2D eigenvalue weighted by Gasteiger charge is 2.26. The first-order valence-electron chi connectivity index (χ1n) is 11.5. The minimum Gasteiger partial charge on any atom is -0.466 e. The van der Waals surface area contributed by atoms with Gasteiger partial charge in [-0.1, -0.05) is 30.3 Å². The summed E-state index contributed by atoms with van der Waals surface area (Å²) in [6.45, 7) is 0.362. The van der Waals surface area contributed by atoms with Crippen molar-refractivity contribution in [3.05, 3.63) is 51.9 Å². The molecule has 1 aromatic heterocycles. The van der Waals surface area contributed by atoms with E-state index in [4.69, 9.17) is 21.7 Å². The van der Waals surface area contributed by atoms with E-state index in [1.807, 2.05) is 30.3 Å². The first-order chi connectivity index (χ1) is 16.5. The van der Waals surface area contributed by atoms with Crippen molar-refractivity contribution in [2.45, 2.75) is 57.8 Å². The highest BCUT2D eigenvalue weighted by atomic mass is 32.1. The molecule has 0 radical (unpaired) electrons. The van der Waals surface area contributed by atoms with E-state index in [9.17, 15) is 14.4 Å². The van der Waals surface area contributed by atoms with E-state index < -0.39 is 5.97 Å². The van der Waals surface area contributed by atoms with Gasteiger partial charge in [0.25, 0.3) is 0 Å². The van der Waals surface area contributed by atoms with Gasteiger partial charge in [-0.15, -0.1) is 11.3 Å². The lowest BCUT2D eigenvalue weighted by Crippen LogP contribution is -2.34. The van der Waals surface area contributed by atoms with Crippen molar-refractivity contribution in [1.29, 1.82) is 0 Å². The molecule has 0 saturated heterocycles. The van der Waals surface area contributed by atoms with Crippen molar-refractivity contribution < 1.29 is 23.9 Å². The van der Waals surface area contributed by atoms with Crippen molar-refractivity contribution in [3.63, 3.8) is 0 Å². The summed E-state index contributed by atoms with van der Waals surface area (Å²) in [6, 6.07) is 10.0. The Balaban J connectivity index is 1.36. The second-order valence-electron chi connectivity index (χ2n) is 8.07. The van der Waals surface area contributed by atoms with E-state index in [1.165, 1.54) is 24.0 Å². The maximum absolute atomic E-state index is 12.3. The zero-order valence-electron chi connectivity index (χ0n) is 19.3. The summed E-state index contributed by atoms with van der Waals surface area (Å²) < 4.78 is 10.2. The zero-order valence-corrected chi connectivity index (χ0v) is 20.9. The summed E-state index contributed by atoms with van der Waals surface area (Å²) in [5.74, 6) is -1.01.